The highest BCUT2D eigenvalue weighted by Crippen LogP contribution is 2.29. The Morgan fingerprint density at radius 1 is 1.26 bits per heavy atom. The Hall–Kier alpha value is -0.200. The first-order chi connectivity index (χ1) is 9.22. The van der Waals surface area contributed by atoms with E-state index in [-0.39, 0.29) is 18.0 Å². The van der Waals surface area contributed by atoms with Crippen molar-refractivity contribution in [2.75, 3.05) is 11.5 Å². The highest BCUT2D eigenvalue weighted by atomic mass is 127. The van der Waals surface area contributed by atoms with Gasteiger partial charge in [-0.15, -0.1) is 0 Å². The van der Waals surface area contributed by atoms with E-state index in [1.165, 1.54) is 12.1 Å². The van der Waals surface area contributed by atoms with Crippen molar-refractivity contribution in [3.63, 3.8) is 0 Å². The van der Waals surface area contributed by atoms with Crippen LogP contribution in [0.1, 0.15) is 37.4 Å². The molecule has 0 saturated heterocycles. The zero-order chi connectivity index (χ0) is 13.7. The summed E-state index contributed by atoms with van der Waals surface area (Å²) in [4.78, 5) is 0. The molecule has 1 fully saturated rings. The van der Waals surface area contributed by atoms with Crippen molar-refractivity contribution < 1.29 is 13.9 Å². The lowest BCUT2D eigenvalue weighted by atomic mass is 9.94. The normalized spacial score (nSPS) is 25.2. The van der Waals surface area contributed by atoms with Gasteiger partial charge in [0.05, 0.1) is 18.3 Å². The molecule has 0 bridgehead atoms. The molecule has 106 valence electrons. The van der Waals surface area contributed by atoms with Crippen LogP contribution in [0, 0.1) is 5.82 Å². The molecule has 3 unspecified atom stereocenters. The fourth-order valence-corrected chi connectivity index (χ4v) is 3.27. The van der Waals surface area contributed by atoms with Crippen LogP contribution in [-0.2, 0) is 9.47 Å². The van der Waals surface area contributed by atoms with Crippen molar-refractivity contribution in [1.82, 2.24) is 0 Å². The van der Waals surface area contributed by atoms with E-state index in [2.05, 4.69) is 22.6 Å². The van der Waals surface area contributed by atoms with E-state index < -0.39 is 0 Å². The molecule has 0 heterocycles. The van der Waals surface area contributed by atoms with Gasteiger partial charge in [-0.05, 0) is 43.4 Å². The lowest BCUT2D eigenvalue weighted by Crippen LogP contribution is -2.29. The Kier molecular flexibility index (Phi) is 6.04. The summed E-state index contributed by atoms with van der Waals surface area (Å²) in [6.45, 7) is 0. The topological polar surface area (TPSA) is 18.5 Å². The van der Waals surface area contributed by atoms with E-state index in [0.29, 0.717) is 6.10 Å². The molecule has 1 aromatic carbocycles. The molecule has 3 atom stereocenters. The standard InChI is InChI=1S/C15H20FIO2/c1-18-13-3-2-4-14(9-13)19-15(10-17)11-5-7-12(16)8-6-11/h5-8,13-15H,2-4,9-10H2,1H3. The highest BCUT2D eigenvalue weighted by molar-refractivity contribution is 14.1. The fraction of sp³-hybridized carbons (Fsp3) is 0.600. The molecule has 0 aromatic heterocycles. The van der Waals surface area contributed by atoms with Crippen LogP contribution >= 0.6 is 22.6 Å². The van der Waals surface area contributed by atoms with Crippen molar-refractivity contribution in [3.8, 4) is 0 Å². The van der Waals surface area contributed by atoms with Crippen LogP contribution in [0.25, 0.3) is 0 Å². The van der Waals surface area contributed by atoms with Crippen LogP contribution in [0.5, 0.6) is 0 Å². The summed E-state index contributed by atoms with van der Waals surface area (Å²) in [5, 5.41) is 0. The molecule has 0 aliphatic heterocycles. The van der Waals surface area contributed by atoms with Crippen LogP contribution in [-0.4, -0.2) is 23.7 Å². The molecule has 0 radical (unpaired) electrons. The van der Waals surface area contributed by atoms with E-state index in [4.69, 9.17) is 9.47 Å². The third kappa shape index (κ3) is 4.39. The molecule has 1 saturated carbocycles. The van der Waals surface area contributed by atoms with E-state index in [1.807, 2.05) is 12.1 Å². The minimum atomic E-state index is -0.201. The second kappa shape index (κ2) is 7.55. The molecule has 4 heteroatoms. The number of hydrogen-bond acceptors (Lipinski definition) is 2. The molecular weight excluding hydrogens is 358 g/mol. The molecule has 1 aromatic rings. The average molecular weight is 378 g/mol. The van der Waals surface area contributed by atoms with Crippen molar-refractivity contribution >= 4 is 22.6 Å². The summed E-state index contributed by atoms with van der Waals surface area (Å²) < 4.78 is 25.4. The summed E-state index contributed by atoms with van der Waals surface area (Å²) >= 11 is 2.32. The molecule has 0 amide bonds. The minimum Gasteiger partial charge on any atom is -0.381 e. The van der Waals surface area contributed by atoms with Gasteiger partial charge in [0.1, 0.15) is 5.82 Å². The van der Waals surface area contributed by atoms with Gasteiger partial charge in [0.25, 0.3) is 0 Å². The van der Waals surface area contributed by atoms with E-state index >= 15 is 0 Å². The van der Waals surface area contributed by atoms with Gasteiger partial charge in [-0.1, -0.05) is 34.7 Å². The third-order valence-electron chi connectivity index (χ3n) is 3.65. The largest absolute Gasteiger partial charge is 0.381 e. The number of benzene rings is 1. The highest BCUT2D eigenvalue weighted by Gasteiger charge is 2.25. The smallest absolute Gasteiger partial charge is 0.123 e. The maximum atomic E-state index is 13.0. The average Bonchev–Trinajstić information content (AvgIpc) is 2.46. The van der Waals surface area contributed by atoms with Crippen LogP contribution < -0.4 is 0 Å². The van der Waals surface area contributed by atoms with Crippen molar-refractivity contribution in [3.05, 3.63) is 35.6 Å². The number of alkyl halides is 1. The third-order valence-corrected chi connectivity index (χ3v) is 4.45. The number of halogens is 2. The van der Waals surface area contributed by atoms with Gasteiger partial charge in [0.2, 0.25) is 0 Å². The van der Waals surface area contributed by atoms with Crippen molar-refractivity contribution in [1.29, 1.82) is 0 Å². The summed E-state index contributed by atoms with van der Waals surface area (Å²) in [6.07, 6.45) is 4.95. The van der Waals surface area contributed by atoms with Gasteiger partial charge >= 0.3 is 0 Å². The Morgan fingerprint density at radius 2 is 1.95 bits per heavy atom. The Morgan fingerprint density at radius 3 is 2.58 bits per heavy atom. The van der Waals surface area contributed by atoms with Crippen LogP contribution in [0.4, 0.5) is 4.39 Å². The van der Waals surface area contributed by atoms with E-state index in [1.54, 1.807) is 7.11 Å². The first-order valence-corrected chi connectivity index (χ1v) is 8.25. The Bertz CT molecular complexity index is 382. The zero-order valence-electron chi connectivity index (χ0n) is 11.1. The van der Waals surface area contributed by atoms with Crippen molar-refractivity contribution in [2.45, 2.75) is 44.0 Å². The first-order valence-electron chi connectivity index (χ1n) is 6.72. The lowest BCUT2D eigenvalue weighted by Gasteiger charge is -2.31. The summed E-state index contributed by atoms with van der Waals surface area (Å²) in [5.74, 6) is -0.201. The molecule has 0 N–H and O–H groups in total. The lowest BCUT2D eigenvalue weighted by molar-refractivity contribution is -0.0578. The van der Waals surface area contributed by atoms with Crippen LogP contribution in [0.3, 0.4) is 0 Å². The Labute approximate surface area is 127 Å². The van der Waals surface area contributed by atoms with Gasteiger partial charge in [0, 0.05) is 11.5 Å². The number of ether oxygens (including phenoxy) is 2. The van der Waals surface area contributed by atoms with Gasteiger partial charge in [-0.2, -0.15) is 0 Å². The fourth-order valence-electron chi connectivity index (χ4n) is 2.55. The molecule has 2 rings (SSSR count). The van der Waals surface area contributed by atoms with E-state index in [9.17, 15) is 4.39 Å². The zero-order valence-corrected chi connectivity index (χ0v) is 13.3. The molecular formula is C15H20FIO2. The molecule has 1 aliphatic carbocycles. The molecule has 0 spiro atoms. The number of methoxy groups -OCH3 is 1. The second-order valence-electron chi connectivity index (χ2n) is 4.98. The van der Waals surface area contributed by atoms with Gasteiger partial charge < -0.3 is 9.47 Å². The Balaban J connectivity index is 1.96. The summed E-state index contributed by atoms with van der Waals surface area (Å²) in [5.41, 5.74) is 1.05. The van der Waals surface area contributed by atoms with Crippen molar-refractivity contribution in [2.24, 2.45) is 0 Å². The van der Waals surface area contributed by atoms with E-state index in [0.717, 1.165) is 35.7 Å². The first kappa shape index (κ1) is 15.2. The molecule has 1 aliphatic rings. The summed E-state index contributed by atoms with van der Waals surface area (Å²) in [6, 6.07) is 6.62. The summed E-state index contributed by atoms with van der Waals surface area (Å²) in [7, 11) is 1.77. The van der Waals surface area contributed by atoms with Crippen LogP contribution in [0.2, 0.25) is 0 Å². The predicted molar refractivity (Wildman–Crippen MR) is 82.2 cm³/mol. The van der Waals surface area contributed by atoms with Crippen LogP contribution in [0.15, 0.2) is 24.3 Å². The predicted octanol–water partition coefficient (Wildman–Crippen LogP) is 4.28. The number of rotatable bonds is 5. The van der Waals surface area contributed by atoms with Gasteiger partial charge in [0.15, 0.2) is 0 Å². The van der Waals surface area contributed by atoms with Gasteiger partial charge in [-0.3, -0.25) is 0 Å². The SMILES string of the molecule is COC1CCCC(OC(CI)c2ccc(F)cc2)C1. The minimum absolute atomic E-state index is 0.0433. The van der Waals surface area contributed by atoms with Gasteiger partial charge in [-0.25, -0.2) is 4.39 Å². The maximum absolute atomic E-state index is 13.0. The molecule has 2 nitrogen and oxygen atoms in total. The maximum Gasteiger partial charge on any atom is 0.123 e. The second-order valence-corrected chi connectivity index (χ2v) is 5.86. The molecule has 19 heavy (non-hydrogen) atoms. The number of hydrogen-bond donors (Lipinski definition) is 0. The quantitative estimate of drug-likeness (QED) is 0.563. The monoisotopic (exact) mass is 378 g/mol.